The predicted octanol–water partition coefficient (Wildman–Crippen LogP) is -1.14. The zero-order chi connectivity index (χ0) is 13.5. The van der Waals surface area contributed by atoms with Crippen LogP contribution in [0.15, 0.2) is 5.16 Å². The van der Waals surface area contributed by atoms with Gasteiger partial charge in [-0.15, -0.1) is 0 Å². The summed E-state index contributed by atoms with van der Waals surface area (Å²) < 4.78 is 10.5. The first-order valence-corrected chi connectivity index (χ1v) is 6.45. The van der Waals surface area contributed by atoms with Crippen LogP contribution in [0.25, 0.3) is 0 Å². The molecular weight excluding hydrogens is 253 g/mol. The third-order valence-electron chi connectivity index (χ3n) is 1.55. The van der Waals surface area contributed by atoms with Crippen LogP contribution >= 0.6 is 7.60 Å². The number of nitrogens with two attached hydrogens (primary N) is 1. The standard InChI is InChI=1S/C7H16N3O6P/c1-5(8)10-16-3-2-6(7(11)12)9-4-17(13,14)15/h6,9H,2-4H2,1H3,(H2,8,10)(H,11,12)(H2,13,14,15). The molecule has 1 atom stereocenters. The molecule has 10 heteroatoms. The number of rotatable bonds is 8. The Bertz CT molecular complexity index is 324. The summed E-state index contributed by atoms with van der Waals surface area (Å²) >= 11 is 0. The maximum Gasteiger partial charge on any atom is 0.339 e. The van der Waals surface area contributed by atoms with E-state index in [4.69, 9.17) is 20.6 Å². The summed E-state index contributed by atoms with van der Waals surface area (Å²) in [5.74, 6) is -1.03. The summed E-state index contributed by atoms with van der Waals surface area (Å²) in [6.07, 6.45) is -0.699. The first kappa shape index (κ1) is 15.9. The maximum absolute atomic E-state index is 10.7. The molecule has 0 bridgehead atoms. The molecule has 0 fully saturated rings. The van der Waals surface area contributed by atoms with E-state index in [-0.39, 0.29) is 18.9 Å². The third kappa shape index (κ3) is 9.76. The Labute approximate surface area is 97.8 Å². The Kier molecular flexibility index (Phi) is 6.74. The first-order valence-electron chi connectivity index (χ1n) is 4.65. The van der Waals surface area contributed by atoms with Gasteiger partial charge in [-0.25, -0.2) is 0 Å². The Balaban J connectivity index is 4.04. The molecule has 6 N–H and O–H groups in total. The van der Waals surface area contributed by atoms with Crippen molar-refractivity contribution >= 4 is 19.4 Å². The smallest absolute Gasteiger partial charge is 0.339 e. The molecule has 0 aliphatic carbocycles. The van der Waals surface area contributed by atoms with E-state index < -0.39 is 25.9 Å². The number of carboxylic acid groups (broad SMARTS) is 1. The van der Waals surface area contributed by atoms with Crippen molar-refractivity contribution in [3.63, 3.8) is 0 Å². The molecule has 0 aliphatic heterocycles. The highest BCUT2D eigenvalue weighted by Gasteiger charge is 2.21. The summed E-state index contributed by atoms with van der Waals surface area (Å²) in [4.78, 5) is 32.5. The van der Waals surface area contributed by atoms with Crippen molar-refractivity contribution in [3.8, 4) is 0 Å². The Hall–Kier alpha value is -1.15. The third-order valence-corrected chi connectivity index (χ3v) is 2.14. The Morgan fingerprint density at radius 3 is 2.59 bits per heavy atom. The van der Waals surface area contributed by atoms with Crippen molar-refractivity contribution in [2.45, 2.75) is 19.4 Å². The van der Waals surface area contributed by atoms with Crippen LogP contribution in [0.4, 0.5) is 0 Å². The number of aliphatic carboxylic acids is 1. The zero-order valence-corrected chi connectivity index (χ0v) is 10.1. The summed E-state index contributed by atoms with van der Waals surface area (Å²) in [5.41, 5.74) is 5.17. The van der Waals surface area contributed by atoms with E-state index in [0.29, 0.717) is 0 Å². The number of carbonyl (C=O) groups is 1. The van der Waals surface area contributed by atoms with Crippen molar-refractivity contribution in [1.29, 1.82) is 0 Å². The van der Waals surface area contributed by atoms with Crippen LogP contribution in [0.3, 0.4) is 0 Å². The quantitative estimate of drug-likeness (QED) is 0.122. The monoisotopic (exact) mass is 269 g/mol. The van der Waals surface area contributed by atoms with Gasteiger partial charge < -0.3 is 25.5 Å². The van der Waals surface area contributed by atoms with Gasteiger partial charge in [0.2, 0.25) is 0 Å². The minimum absolute atomic E-state index is 0.00606. The fourth-order valence-corrected chi connectivity index (χ4v) is 1.32. The molecule has 0 radical (unpaired) electrons. The van der Waals surface area contributed by atoms with Crippen LogP contribution < -0.4 is 11.1 Å². The molecule has 0 heterocycles. The average molecular weight is 269 g/mol. The fraction of sp³-hybridized carbons (Fsp3) is 0.714. The number of hydrogen-bond donors (Lipinski definition) is 5. The fourth-order valence-electron chi connectivity index (χ4n) is 0.860. The van der Waals surface area contributed by atoms with Gasteiger partial charge in [-0.2, -0.15) is 0 Å². The normalized spacial score (nSPS) is 14.4. The van der Waals surface area contributed by atoms with E-state index >= 15 is 0 Å². The van der Waals surface area contributed by atoms with Gasteiger partial charge in [-0.05, 0) is 6.92 Å². The molecule has 0 aromatic carbocycles. The lowest BCUT2D eigenvalue weighted by Crippen LogP contribution is -2.38. The molecule has 1 unspecified atom stereocenters. The van der Waals surface area contributed by atoms with Crippen molar-refractivity contribution < 1.29 is 29.1 Å². The number of nitrogens with one attached hydrogen (secondary N) is 1. The summed E-state index contributed by atoms with van der Waals surface area (Å²) in [7, 11) is -4.28. The van der Waals surface area contributed by atoms with Crippen molar-refractivity contribution in [1.82, 2.24) is 5.32 Å². The summed E-state index contributed by atoms with van der Waals surface area (Å²) in [6.45, 7) is 1.47. The largest absolute Gasteiger partial charge is 0.480 e. The lowest BCUT2D eigenvalue weighted by atomic mass is 10.2. The minimum Gasteiger partial charge on any atom is -0.480 e. The molecule has 0 saturated heterocycles. The average Bonchev–Trinajstić information content (AvgIpc) is 2.13. The van der Waals surface area contributed by atoms with Gasteiger partial charge >= 0.3 is 13.6 Å². The van der Waals surface area contributed by atoms with Crippen LogP contribution in [-0.2, 0) is 14.2 Å². The second-order valence-electron chi connectivity index (χ2n) is 3.27. The van der Waals surface area contributed by atoms with Gasteiger partial charge in [0.15, 0.2) is 0 Å². The first-order chi connectivity index (χ1) is 7.72. The second-order valence-corrected chi connectivity index (χ2v) is 4.92. The van der Waals surface area contributed by atoms with Crippen molar-refractivity contribution in [2.75, 3.05) is 12.9 Å². The molecule has 17 heavy (non-hydrogen) atoms. The lowest BCUT2D eigenvalue weighted by molar-refractivity contribution is -0.139. The molecule has 0 aliphatic rings. The van der Waals surface area contributed by atoms with Crippen molar-refractivity contribution in [2.24, 2.45) is 10.9 Å². The maximum atomic E-state index is 10.7. The Morgan fingerprint density at radius 1 is 1.59 bits per heavy atom. The van der Waals surface area contributed by atoms with Gasteiger partial charge in [-0.1, -0.05) is 5.16 Å². The van der Waals surface area contributed by atoms with E-state index in [2.05, 4.69) is 15.3 Å². The molecular formula is C7H16N3O6P. The summed E-state index contributed by atoms with van der Waals surface area (Å²) in [5, 5.41) is 14.4. The molecule has 0 rings (SSSR count). The molecule has 0 amide bonds. The molecule has 0 aromatic heterocycles. The zero-order valence-electron chi connectivity index (χ0n) is 9.24. The molecule has 0 saturated carbocycles. The highest BCUT2D eigenvalue weighted by Crippen LogP contribution is 2.32. The van der Waals surface area contributed by atoms with Gasteiger partial charge in [-0.3, -0.25) is 14.7 Å². The van der Waals surface area contributed by atoms with Crippen LogP contribution in [0, 0.1) is 0 Å². The van der Waals surface area contributed by atoms with E-state index in [0.717, 1.165) is 0 Å². The lowest BCUT2D eigenvalue weighted by Gasteiger charge is -2.14. The van der Waals surface area contributed by atoms with Crippen molar-refractivity contribution in [3.05, 3.63) is 0 Å². The minimum atomic E-state index is -4.28. The number of nitrogens with zero attached hydrogens (tertiary/aromatic N) is 1. The number of amidine groups is 1. The summed E-state index contributed by atoms with van der Waals surface area (Å²) in [6, 6.07) is -1.11. The number of hydrogen-bond acceptors (Lipinski definition) is 5. The molecule has 9 nitrogen and oxygen atoms in total. The van der Waals surface area contributed by atoms with Crippen LogP contribution in [0.1, 0.15) is 13.3 Å². The van der Waals surface area contributed by atoms with Gasteiger partial charge in [0.25, 0.3) is 0 Å². The van der Waals surface area contributed by atoms with E-state index in [1.165, 1.54) is 6.92 Å². The Morgan fingerprint density at radius 2 is 2.18 bits per heavy atom. The topological polar surface area (TPSA) is 154 Å². The molecule has 100 valence electrons. The van der Waals surface area contributed by atoms with Crippen LogP contribution in [0.2, 0.25) is 0 Å². The molecule has 0 aromatic rings. The van der Waals surface area contributed by atoms with Gasteiger partial charge in [0.05, 0.1) is 6.29 Å². The van der Waals surface area contributed by atoms with Gasteiger partial charge in [0, 0.05) is 6.42 Å². The van der Waals surface area contributed by atoms with E-state index in [1.807, 2.05) is 0 Å². The SMILES string of the molecule is CC(N)=NOCCC(NCP(=O)(O)O)C(=O)O. The van der Waals surface area contributed by atoms with E-state index in [9.17, 15) is 9.36 Å². The van der Waals surface area contributed by atoms with E-state index in [1.54, 1.807) is 0 Å². The number of oxime groups is 1. The van der Waals surface area contributed by atoms with Crippen LogP contribution in [-0.4, -0.2) is 45.6 Å². The highest BCUT2D eigenvalue weighted by molar-refractivity contribution is 7.51. The molecule has 0 spiro atoms. The number of carboxylic acids is 1. The van der Waals surface area contributed by atoms with Gasteiger partial charge in [0.1, 0.15) is 18.5 Å². The highest BCUT2D eigenvalue weighted by atomic mass is 31.2. The second kappa shape index (κ2) is 7.23. The predicted molar refractivity (Wildman–Crippen MR) is 59.3 cm³/mol. The van der Waals surface area contributed by atoms with Crippen LogP contribution in [0.5, 0.6) is 0 Å².